The van der Waals surface area contributed by atoms with Gasteiger partial charge in [0.1, 0.15) is 0 Å². The molecule has 0 amide bonds. The molecular formula is C18H30N2. The van der Waals surface area contributed by atoms with Crippen LogP contribution in [0, 0.1) is 20.8 Å². The standard InChI is InChI=1S/C18H30N2/c1-13-10-14(2)18(15(3)11-13)16(4)19-12-17-8-6-7-9-20(17)5/h10-11,16-17,19H,6-9,12H2,1-5H3. The number of hydrogen-bond acceptors (Lipinski definition) is 2. The van der Waals surface area contributed by atoms with Gasteiger partial charge in [-0.1, -0.05) is 24.1 Å². The van der Waals surface area contributed by atoms with Gasteiger partial charge < -0.3 is 10.2 Å². The van der Waals surface area contributed by atoms with Gasteiger partial charge in [0, 0.05) is 18.6 Å². The predicted molar refractivity (Wildman–Crippen MR) is 87.3 cm³/mol. The fraction of sp³-hybridized carbons (Fsp3) is 0.667. The lowest BCUT2D eigenvalue weighted by molar-refractivity contribution is 0.178. The third-order valence-corrected chi connectivity index (χ3v) is 4.75. The first-order valence-corrected chi connectivity index (χ1v) is 8.00. The van der Waals surface area contributed by atoms with Crippen molar-refractivity contribution in [3.63, 3.8) is 0 Å². The van der Waals surface area contributed by atoms with Gasteiger partial charge >= 0.3 is 0 Å². The number of likely N-dealkylation sites (tertiary alicyclic amines) is 1. The number of nitrogens with zero attached hydrogens (tertiary/aromatic N) is 1. The van der Waals surface area contributed by atoms with E-state index in [2.05, 4.69) is 57.1 Å². The highest BCUT2D eigenvalue weighted by Gasteiger charge is 2.20. The SMILES string of the molecule is Cc1cc(C)c(C(C)NCC2CCCCN2C)c(C)c1. The van der Waals surface area contributed by atoms with Gasteiger partial charge in [-0.2, -0.15) is 0 Å². The summed E-state index contributed by atoms with van der Waals surface area (Å²) in [4.78, 5) is 2.51. The number of aryl methyl sites for hydroxylation is 3. The second kappa shape index (κ2) is 6.73. The number of rotatable bonds is 4. The van der Waals surface area contributed by atoms with Crippen LogP contribution in [0.5, 0.6) is 0 Å². The second-order valence-corrected chi connectivity index (χ2v) is 6.57. The number of hydrogen-bond donors (Lipinski definition) is 1. The molecule has 2 rings (SSSR count). The highest BCUT2D eigenvalue weighted by Crippen LogP contribution is 2.24. The van der Waals surface area contributed by atoms with Crippen LogP contribution in [0.2, 0.25) is 0 Å². The van der Waals surface area contributed by atoms with Gasteiger partial charge in [-0.3, -0.25) is 0 Å². The molecule has 0 radical (unpaired) electrons. The second-order valence-electron chi connectivity index (χ2n) is 6.57. The van der Waals surface area contributed by atoms with Crippen molar-refractivity contribution >= 4 is 0 Å². The molecule has 112 valence electrons. The average Bonchev–Trinajstić information content (AvgIpc) is 2.36. The van der Waals surface area contributed by atoms with Gasteiger partial charge in [0.2, 0.25) is 0 Å². The maximum absolute atomic E-state index is 3.76. The minimum absolute atomic E-state index is 0.436. The smallest absolute Gasteiger partial charge is 0.0297 e. The van der Waals surface area contributed by atoms with E-state index in [1.807, 2.05) is 0 Å². The Kier molecular flexibility index (Phi) is 5.22. The zero-order valence-corrected chi connectivity index (χ0v) is 13.8. The Labute approximate surface area is 124 Å². The lowest BCUT2D eigenvalue weighted by Gasteiger charge is -2.33. The molecule has 0 aliphatic carbocycles. The molecule has 0 spiro atoms. The van der Waals surface area contributed by atoms with Crippen LogP contribution in [0.25, 0.3) is 0 Å². The van der Waals surface area contributed by atoms with E-state index in [4.69, 9.17) is 0 Å². The minimum Gasteiger partial charge on any atom is -0.309 e. The summed E-state index contributed by atoms with van der Waals surface area (Å²) in [6.45, 7) is 11.3. The number of benzene rings is 1. The van der Waals surface area contributed by atoms with Crippen LogP contribution in [0.3, 0.4) is 0 Å². The summed E-state index contributed by atoms with van der Waals surface area (Å²) in [6.07, 6.45) is 4.08. The zero-order valence-electron chi connectivity index (χ0n) is 13.8. The molecule has 1 saturated heterocycles. The van der Waals surface area contributed by atoms with E-state index in [1.54, 1.807) is 0 Å². The first-order valence-electron chi connectivity index (χ1n) is 8.00. The van der Waals surface area contributed by atoms with Crippen LogP contribution in [0.4, 0.5) is 0 Å². The summed E-state index contributed by atoms with van der Waals surface area (Å²) in [5.74, 6) is 0. The summed E-state index contributed by atoms with van der Waals surface area (Å²) in [5, 5.41) is 3.76. The molecule has 1 aromatic carbocycles. The van der Waals surface area contributed by atoms with Gasteiger partial charge in [-0.05, 0) is 70.8 Å². The van der Waals surface area contributed by atoms with Gasteiger partial charge in [-0.25, -0.2) is 0 Å². The Hall–Kier alpha value is -0.860. The fourth-order valence-electron chi connectivity index (χ4n) is 3.69. The molecule has 1 fully saturated rings. The predicted octanol–water partition coefficient (Wildman–Crippen LogP) is 3.75. The molecule has 0 bridgehead atoms. The van der Waals surface area contributed by atoms with Crippen molar-refractivity contribution in [3.8, 4) is 0 Å². The normalized spacial score (nSPS) is 21.9. The Morgan fingerprint density at radius 1 is 1.20 bits per heavy atom. The van der Waals surface area contributed by atoms with Crippen molar-refractivity contribution in [2.75, 3.05) is 20.1 Å². The average molecular weight is 274 g/mol. The molecule has 2 atom stereocenters. The van der Waals surface area contributed by atoms with Gasteiger partial charge in [0.05, 0.1) is 0 Å². The van der Waals surface area contributed by atoms with Crippen molar-refractivity contribution in [3.05, 3.63) is 34.4 Å². The van der Waals surface area contributed by atoms with Crippen molar-refractivity contribution in [1.29, 1.82) is 0 Å². The van der Waals surface area contributed by atoms with Crippen LogP contribution in [-0.4, -0.2) is 31.1 Å². The quantitative estimate of drug-likeness (QED) is 0.899. The third-order valence-electron chi connectivity index (χ3n) is 4.75. The van der Waals surface area contributed by atoms with E-state index < -0.39 is 0 Å². The molecule has 1 aromatic rings. The molecule has 20 heavy (non-hydrogen) atoms. The topological polar surface area (TPSA) is 15.3 Å². The molecule has 2 unspecified atom stereocenters. The first-order chi connectivity index (χ1) is 9.49. The molecule has 1 aliphatic heterocycles. The van der Waals surface area contributed by atoms with Gasteiger partial charge in [-0.15, -0.1) is 0 Å². The lowest BCUT2D eigenvalue weighted by Crippen LogP contribution is -2.43. The Balaban J connectivity index is 1.99. The Morgan fingerprint density at radius 3 is 2.45 bits per heavy atom. The number of piperidine rings is 1. The molecule has 0 saturated carbocycles. The highest BCUT2D eigenvalue weighted by atomic mass is 15.2. The molecule has 2 heteroatoms. The molecule has 1 N–H and O–H groups in total. The fourth-order valence-corrected chi connectivity index (χ4v) is 3.69. The summed E-state index contributed by atoms with van der Waals surface area (Å²) < 4.78 is 0. The van der Waals surface area contributed by atoms with Gasteiger partial charge in [0.25, 0.3) is 0 Å². The van der Waals surface area contributed by atoms with Crippen molar-refractivity contribution in [2.45, 2.75) is 59.0 Å². The highest BCUT2D eigenvalue weighted by molar-refractivity contribution is 5.39. The lowest BCUT2D eigenvalue weighted by atomic mass is 9.94. The van der Waals surface area contributed by atoms with Crippen LogP contribution in [0.15, 0.2) is 12.1 Å². The molecule has 0 aromatic heterocycles. The van der Waals surface area contributed by atoms with Crippen molar-refractivity contribution in [2.24, 2.45) is 0 Å². The summed E-state index contributed by atoms with van der Waals surface area (Å²) in [7, 11) is 2.26. The van der Waals surface area contributed by atoms with E-state index in [0.717, 1.165) is 6.54 Å². The maximum atomic E-state index is 3.76. The Bertz CT molecular complexity index is 430. The minimum atomic E-state index is 0.436. The van der Waals surface area contributed by atoms with Crippen LogP contribution >= 0.6 is 0 Å². The summed E-state index contributed by atoms with van der Waals surface area (Å²) in [5.41, 5.74) is 5.68. The molecule has 1 heterocycles. The first kappa shape index (κ1) is 15.5. The van der Waals surface area contributed by atoms with E-state index in [0.29, 0.717) is 12.1 Å². The number of nitrogens with one attached hydrogen (secondary N) is 1. The van der Waals surface area contributed by atoms with E-state index in [1.165, 1.54) is 48.1 Å². The summed E-state index contributed by atoms with van der Waals surface area (Å²) >= 11 is 0. The van der Waals surface area contributed by atoms with Crippen molar-refractivity contribution < 1.29 is 0 Å². The van der Waals surface area contributed by atoms with Gasteiger partial charge in [0.15, 0.2) is 0 Å². The van der Waals surface area contributed by atoms with Crippen LogP contribution < -0.4 is 5.32 Å². The Morgan fingerprint density at radius 2 is 1.85 bits per heavy atom. The van der Waals surface area contributed by atoms with Crippen LogP contribution in [0.1, 0.15) is 54.5 Å². The maximum Gasteiger partial charge on any atom is 0.0297 e. The number of likely N-dealkylation sites (N-methyl/N-ethyl adjacent to an activating group) is 1. The largest absolute Gasteiger partial charge is 0.309 e. The van der Waals surface area contributed by atoms with Crippen molar-refractivity contribution in [1.82, 2.24) is 10.2 Å². The van der Waals surface area contributed by atoms with E-state index in [9.17, 15) is 0 Å². The zero-order chi connectivity index (χ0) is 14.7. The monoisotopic (exact) mass is 274 g/mol. The third kappa shape index (κ3) is 3.62. The molecule has 1 aliphatic rings. The summed E-state index contributed by atoms with van der Waals surface area (Å²) in [6, 6.07) is 5.74. The van der Waals surface area contributed by atoms with E-state index >= 15 is 0 Å². The molecular weight excluding hydrogens is 244 g/mol. The molecule has 2 nitrogen and oxygen atoms in total. The van der Waals surface area contributed by atoms with Crippen LogP contribution in [-0.2, 0) is 0 Å². The van der Waals surface area contributed by atoms with E-state index in [-0.39, 0.29) is 0 Å².